The normalized spacial score (nSPS) is 27.2. The molecule has 0 N–H and O–H groups in total. The number of anilines is 1. The van der Waals surface area contributed by atoms with Crippen LogP contribution >= 0.6 is 0 Å². The lowest BCUT2D eigenvalue weighted by Gasteiger charge is -2.28. The lowest BCUT2D eigenvalue weighted by Crippen LogP contribution is -2.30. The molecule has 3 atom stereocenters. The van der Waals surface area contributed by atoms with Gasteiger partial charge in [-0.2, -0.15) is 0 Å². The highest BCUT2D eigenvalue weighted by atomic mass is 16.1. The van der Waals surface area contributed by atoms with Gasteiger partial charge in [0.1, 0.15) is 11.6 Å². The number of benzene rings is 1. The molecule has 0 bridgehead atoms. The van der Waals surface area contributed by atoms with Crippen LogP contribution in [0.25, 0.3) is 5.69 Å². The smallest absolute Gasteiger partial charge is 0.260 e. The summed E-state index contributed by atoms with van der Waals surface area (Å²) in [7, 11) is 0. The third kappa shape index (κ3) is 2.90. The summed E-state index contributed by atoms with van der Waals surface area (Å²) in [4.78, 5) is 20.3. The van der Waals surface area contributed by atoms with Crippen LogP contribution in [0.5, 0.6) is 0 Å². The molecule has 144 valence electrons. The molecular weight excluding hydrogens is 334 g/mol. The highest BCUT2D eigenvalue weighted by Crippen LogP contribution is 2.53. The van der Waals surface area contributed by atoms with Gasteiger partial charge in [-0.05, 0) is 74.5 Å². The van der Waals surface area contributed by atoms with E-state index in [0.29, 0.717) is 5.41 Å². The van der Waals surface area contributed by atoms with Crippen molar-refractivity contribution < 1.29 is 0 Å². The van der Waals surface area contributed by atoms with Crippen molar-refractivity contribution in [2.45, 2.75) is 53.9 Å². The molecule has 1 saturated carbocycles. The minimum atomic E-state index is 0.0159. The zero-order valence-corrected chi connectivity index (χ0v) is 17.2. The van der Waals surface area contributed by atoms with E-state index in [4.69, 9.17) is 4.98 Å². The molecule has 4 rings (SSSR count). The van der Waals surface area contributed by atoms with Crippen molar-refractivity contribution >= 4 is 5.82 Å². The third-order valence-electron chi connectivity index (χ3n) is 7.17. The van der Waals surface area contributed by atoms with Crippen LogP contribution in [-0.2, 0) is 0 Å². The Morgan fingerprint density at radius 3 is 2.70 bits per heavy atom. The number of aryl methyl sites for hydroxylation is 2. The maximum Gasteiger partial charge on any atom is 0.260 e. The summed E-state index contributed by atoms with van der Waals surface area (Å²) in [5.74, 6) is 3.18. The number of rotatable bonds is 3. The van der Waals surface area contributed by atoms with Crippen LogP contribution in [-0.4, -0.2) is 22.6 Å². The molecule has 0 radical (unpaired) electrons. The average Bonchev–Trinajstić information content (AvgIpc) is 3.11. The van der Waals surface area contributed by atoms with Crippen LogP contribution in [0.4, 0.5) is 5.82 Å². The molecule has 1 aliphatic carbocycles. The van der Waals surface area contributed by atoms with Gasteiger partial charge in [0.15, 0.2) is 0 Å². The van der Waals surface area contributed by atoms with Crippen LogP contribution in [0.2, 0.25) is 0 Å². The van der Waals surface area contributed by atoms with Gasteiger partial charge in [-0.15, -0.1) is 0 Å². The van der Waals surface area contributed by atoms with Crippen LogP contribution in [0, 0.1) is 38.0 Å². The Bertz CT molecular complexity index is 932. The highest BCUT2D eigenvalue weighted by molar-refractivity contribution is 5.48. The van der Waals surface area contributed by atoms with Gasteiger partial charge >= 0.3 is 0 Å². The Morgan fingerprint density at radius 2 is 2.04 bits per heavy atom. The first-order valence-electron chi connectivity index (χ1n) is 10.3. The molecule has 0 spiro atoms. The van der Waals surface area contributed by atoms with Gasteiger partial charge in [-0.25, -0.2) is 4.98 Å². The van der Waals surface area contributed by atoms with Gasteiger partial charge in [-0.1, -0.05) is 26.0 Å². The molecule has 1 unspecified atom stereocenters. The van der Waals surface area contributed by atoms with E-state index in [1.54, 1.807) is 10.6 Å². The predicted octanol–water partition coefficient (Wildman–Crippen LogP) is 4.42. The molecule has 2 heterocycles. The predicted molar refractivity (Wildman–Crippen MR) is 111 cm³/mol. The Labute approximate surface area is 162 Å². The second-order valence-corrected chi connectivity index (χ2v) is 8.89. The highest BCUT2D eigenvalue weighted by Gasteiger charge is 2.50. The summed E-state index contributed by atoms with van der Waals surface area (Å²) in [6, 6.07) is 7.83. The van der Waals surface area contributed by atoms with Crippen molar-refractivity contribution in [2.24, 2.45) is 17.3 Å². The fourth-order valence-corrected chi connectivity index (χ4v) is 5.59. The fourth-order valence-electron chi connectivity index (χ4n) is 5.59. The maximum absolute atomic E-state index is 13.0. The fraction of sp³-hybridized carbons (Fsp3) is 0.565. The van der Waals surface area contributed by atoms with Gasteiger partial charge in [0, 0.05) is 19.2 Å². The van der Waals surface area contributed by atoms with E-state index in [9.17, 15) is 4.79 Å². The minimum absolute atomic E-state index is 0.0159. The van der Waals surface area contributed by atoms with Crippen LogP contribution < -0.4 is 10.5 Å². The lowest BCUT2D eigenvalue weighted by atomic mass is 9.78. The van der Waals surface area contributed by atoms with Crippen molar-refractivity contribution in [3.05, 3.63) is 51.6 Å². The number of hydrogen-bond acceptors (Lipinski definition) is 3. The van der Waals surface area contributed by atoms with Crippen molar-refractivity contribution in [1.29, 1.82) is 0 Å². The molecule has 4 heteroatoms. The van der Waals surface area contributed by atoms with Crippen LogP contribution in [0.3, 0.4) is 0 Å². The van der Waals surface area contributed by atoms with Gasteiger partial charge in [0.05, 0.1) is 5.69 Å². The first-order valence-corrected chi connectivity index (χ1v) is 10.3. The van der Waals surface area contributed by atoms with E-state index < -0.39 is 0 Å². The standard InChI is InChI=1S/C23H31N3O/c1-6-23-12-15(2)10-19(23)13-25(14-23)21-11-22(27)26(18(5)24-21)20-9-7-8-16(3)17(20)4/h7-9,11,15,19H,6,10,12-14H2,1-5H3/t15?,19-,23+/m1/s1. The summed E-state index contributed by atoms with van der Waals surface area (Å²) >= 11 is 0. The van der Waals surface area contributed by atoms with E-state index >= 15 is 0 Å². The Balaban J connectivity index is 1.70. The zero-order chi connectivity index (χ0) is 19.3. The Morgan fingerprint density at radius 1 is 1.26 bits per heavy atom. The SMILES string of the molecule is CC[C@@]12CC(C)C[C@@H]1CN(c1cc(=O)n(-c3cccc(C)c3C)c(C)n1)C2. The van der Waals surface area contributed by atoms with Crippen LogP contribution in [0.15, 0.2) is 29.1 Å². The number of aromatic nitrogens is 2. The van der Waals surface area contributed by atoms with Crippen molar-refractivity contribution in [3.63, 3.8) is 0 Å². The summed E-state index contributed by atoms with van der Waals surface area (Å²) in [5.41, 5.74) is 3.69. The monoisotopic (exact) mass is 365 g/mol. The summed E-state index contributed by atoms with van der Waals surface area (Å²) in [6.45, 7) is 12.9. The largest absolute Gasteiger partial charge is 0.356 e. The second kappa shape index (κ2) is 6.50. The van der Waals surface area contributed by atoms with Crippen LogP contribution in [0.1, 0.15) is 50.1 Å². The topological polar surface area (TPSA) is 38.1 Å². The van der Waals surface area contributed by atoms with E-state index in [-0.39, 0.29) is 5.56 Å². The third-order valence-corrected chi connectivity index (χ3v) is 7.17. The Hall–Kier alpha value is -2.10. The van der Waals surface area contributed by atoms with Gasteiger partial charge < -0.3 is 4.90 Å². The van der Waals surface area contributed by atoms with Crippen molar-refractivity contribution in [3.8, 4) is 5.69 Å². The zero-order valence-electron chi connectivity index (χ0n) is 17.2. The first-order chi connectivity index (χ1) is 12.8. The van der Waals surface area contributed by atoms with Gasteiger partial charge in [0.25, 0.3) is 5.56 Å². The number of fused-ring (bicyclic) bond motifs is 1. The molecule has 0 amide bonds. The molecule has 27 heavy (non-hydrogen) atoms. The number of hydrogen-bond donors (Lipinski definition) is 0. The van der Waals surface area contributed by atoms with E-state index in [0.717, 1.165) is 47.8 Å². The molecule has 1 aliphatic heterocycles. The summed E-state index contributed by atoms with van der Waals surface area (Å²) in [6.07, 6.45) is 3.84. The van der Waals surface area contributed by atoms with Crippen molar-refractivity contribution in [2.75, 3.05) is 18.0 Å². The number of nitrogens with zero attached hydrogens (tertiary/aromatic N) is 3. The Kier molecular flexibility index (Phi) is 4.40. The van der Waals surface area contributed by atoms with E-state index in [2.05, 4.69) is 38.7 Å². The minimum Gasteiger partial charge on any atom is -0.356 e. The molecule has 2 aliphatic rings. The van der Waals surface area contributed by atoms with Crippen molar-refractivity contribution in [1.82, 2.24) is 9.55 Å². The quantitative estimate of drug-likeness (QED) is 0.808. The molecule has 1 aromatic heterocycles. The summed E-state index contributed by atoms with van der Waals surface area (Å²) < 4.78 is 1.75. The van der Waals surface area contributed by atoms with Gasteiger partial charge in [0.2, 0.25) is 0 Å². The summed E-state index contributed by atoms with van der Waals surface area (Å²) in [5, 5.41) is 0. The van der Waals surface area contributed by atoms with E-state index in [1.165, 1.54) is 24.8 Å². The average molecular weight is 366 g/mol. The molecule has 1 aromatic carbocycles. The molecule has 2 aromatic rings. The molecule has 4 nitrogen and oxygen atoms in total. The van der Waals surface area contributed by atoms with Gasteiger partial charge in [-0.3, -0.25) is 9.36 Å². The molecule has 1 saturated heterocycles. The van der Waals surface area contributed by atoms with E-state index in [1.807, 2.05) is 19.1 Å². The lowest BCUT2D eigenvalue weighted by molar-refractivity contribution is 0.256. The molecule has 2 fully saturated rings. The second-order valence-electron chi connectivity index (χ2n) is 8.89. The maximum atomic E-state index is 13.0. The first kappa shape index (κ1) is 18.3. The molecular formula is C23H31N3O.